The minimum Gasteiger partial charge on any atom is -0.493 e. The summed E-state index contributed by atoms with van der Waals surface area (Å²) in [6.45, 7) is 2.55. The van der Waals surface area contributed by atoms with Crippen molar-refractivity contribution in [3.8, 4) is 16.9 Å². The molecule has 4 rings (SSSR count). The molecule has 3 aromatic carbocycles. The molecule has 0 unspecified atom stereocenters. The van der Waals surface area contributed by atoms with Crippen molar-refractivity contribution in [2.75, 3.05) is 13.2 Å². The van der Waals surface area contributed by atoms with E-state index in [1.165, 1.54) is 27.8 Å². The maximum atomic E-state index is 5.55. The maximum Gasteiger partial charge on any atom is 0.122 e. The molecule has 0 amide bonds. The Balaban J connectivity index is 0.00000210. The predicted octanol–water partition coefficient (Wildman–Crippen LogP) is 5.51. The summed E-state index contributed by atoms with van der Waals surface area (Å²) in [5.41, 5.74) is 6.38. The fraction of sp³-hybridized carbons (Fsp3) is 0.167. The van der Waals surface area contributed by atoms with Crippen LogP contribution in [0.3, 0.4) is 0 Å². The number of rotatable bonds is 6. The van der Waals surface area contributed by atoms with E-state index in [2.05, 4.69) is 84.2 Å². The summed E-state index contributed by atoms with van der Waals surface area (Å²) in [6, 6.07) is 25.6. The number of nitrogens with one attached hydrogen (secondary N) is 1. The first kappa shape index (κ1) is 19.2. The molecule has 2 nitrogen and oxygen atoms in total. The van der Waals surface area contributed by atoms with Gasteiger partial charge in [-0.25, -0.2) is 0 Å². The van der Waals surface area contributed by atoms with Crippen molar-refractivity contribution in [2.45, 2.75) is 13.0 Å². The van der Waals surface area contributed by atoms with Crippen LogP contribution in [0.1, 0.15) is 16.7 Å². The zero-order chi connectivity index (χ0) is 17.6. The van der Waals surface area contributed by atoms with Gasteiger partial charge in [0, 0.05) is 19.5 Å². The number of halogens is 1. The van der Waals surface area contributed by atoms with Crippen molar-refractivity contribution in [1.82, 2.24) is 5.32 Å². The molecule has 1 aliphatic heterocycles. The van der Waals surface area contributed by atoms with E-state index in [1.54, 1.807) is 0 Å². The van der Waals surface area contributed by atoms with Gasteiger partial charge in [-0.1, -0.05) is 78.9 Å². The van der Waals surface area contributed by atoms with E-state index in [0.717, 1.165) is 31.9 Å². The van der Waals surface area contributed by atoms with Gasteiger partial charge in [0.25, 0.3) is 0 Å². The molecule has 0 saturated carbocycles. The van der Waals surface area contributed by atoms with Crippen LogP contribution in [0.5, 0.6) is 5.75 Å². The molecule has 0 aromatic heterocycles. The Morgan fingerprint density at radius 2 is 1.67 bits per heavy atom. The lowest BCUT2D eigenvalue weighted by Gasteiger charge is -2.05. The number of ether oxygens (including phenoxy) is 1. The topological polar surface area (TPSA) is 21.3 Å². The van der Waals surface area contributed by atoms with Crippen LogP contribution in [0, 0.1) is 0 Å². The molecule has 0 fully saturated rings. The van der Waals surface area contributed by atoms with E-state index in [1.807, 2.05) is 6.07 Å². The predicted molar refractivity (Wildman–Crippen MR) is 116 cm³/mol. The quantitative estimate of drug-likeness (QED) is 0.571. The first-order valence-electron chi connectivity index (χ1n) is 9.16. The van der Waals surface area contributed by atoms with Crippen LogP contribution in [0.4, 0.5) is 0 Å². The average Bonchev–Trinajstić information content (AvgIpc) is 3.17. The second kappa shape index (κ2) is 9.40. The van der Waals surface area contributed by atoms with Crippen molar-refractivity contribution in [3.63, 3.8) is 0 Å². The number of hydrogen-bond donors (Lipinski definition) is 1. The summed E-state index contributed by atoms with van der Waals surface area (Å²) in [4.78, 5) is 0. The van der Waals surface area contributed by atoms with E-state index in [9.17, 15) is 0 Å². The summed E-state index contributed by atoms with van der Waals surface area (Å²) in [6.07, 6.45) is 5.37. The zero-order valence-electron chi connectivity index (χ0n) is 15.2. The van der Waals surface area contributed by atoms with Crippen LogP contribution in [-0.4, -0.2) is 13.2 Å². The van der Waals surface area contributed by atoms with Gasteiger partial charge in [0.15, 0.2) is 0 Å². The normalized spacial score (nSPS) is 12.4. The molecule has 1 heterocycles. The number of benzene rings is 3. The Hall–Kier alpha value is -2.55. The summed E-state index contributed by atoms with van der Waals surface area (Å²) in [5, 5.41) is 3.47. The molecule has 0 bridgehead atoms. The Bertz CT molecular complexity index is 888. The third-order valence-electron chi connectivity index (χ3n) is 4.67. The number of fused-ring (bicyclic) bond motifs is 1. The summed E-state index contributed by atoms with van der Waals surface area (Å²) < 4.78 is 5.55. The van der Waals surface area contributed by atoms with Crippen LogP contribution in [0.15, 0.2) is 78.9 Å². The first-order valence-corrected chi connectivity index (χ1v) is 9.16. The Morgan fingerprint density at radius 1 is 0.889 bits per heavy atom. The minimum absolute atomic E-state index is 0. The highest BCUT2D eigenvalue weighted by molar-refractivity contribution is 5.85. The molecule has 0 radical (unpaired) electrons. The van der Waals surface area contributed by atoms with E-state index in [4.69, 9.17) is 4.74 Å². The van der Waals surface area contributed by atoms with Gasteiger partial charge in [-0.05, 0) is 33.9 Å². The summed E-state index contributed by atoms with van der Waals surface area (Å²) >= 11 is 0. The van der Waals surface area contributed by atoms with Crippen LogP contribution >= 0.6 is 12.4 Å². The van der Waals surface area contributed by atoms with Crippen LogP contribution in [-0.2, 0) is 13.0 Å². The molecule has 138 valence electrons. The molecule has 27 heavy (non-hydrogen) atoms. The Morgan fingerprint density at radius 3 is 2.48 bits per heavy atom. The van der Waals surface area contributed by atoms with Gasteiger partial charge in [0.05, 0.1) is 6.61 Å². The summed E-state index contributed by atoms with van der Waals surface area (Å²) in [7, 11) is 0. The van der Waals surface area contributed by atoms with Crippen LogP contribution in [0.2, 0.25) is 0 Å². The molecular weight excluding hydrogens is 354 g/mol. The monoisotopic (exact) mass is 377 g/mol. The van der Waals surface area contributed by atoms with Crippen LogP contribution < -0.4 is 10.1 Å². The smallest absolute Gasteiger partial charge is 0.122 e. The fourth-order valence-corrected chi connectivity index (χ4v) is 3.26. The van der Waals surface area contributed by atoms with Crippen molar-refractivity contribution in [2.24, 2.45) is 0 Å². The lowest BCUT2D eigenvalue weighted by Crippen LogP contribution is -2.12. The first-order chi connectivity index (χ1) is 12.9. The van der Waals surface area contributed by atoms with E-state index in [-0.39, 0.29) is 12.4 Å². The summed E-state index contributed by atoms with van der Waals surface area (Å²) in [5.74, 6) is 1.05. The van der Waals surface area contributed by atoms with Gasteiger partial charge in [-0.15, -0.1) is 12.4 Å². The van der Waals surface area contributed by atoms with Gasteiger partial charge in [0.1, 0.15) is 5.75 Å². The molecule has 0 saturated heterocycles. The lowest BCUT2D eigenvalue weighted by molar-refractivity contribution is 0.357. The van der Waals surface area contributed by atoms with Gasteiger partial charge in [0.2, 0.25) is 0 Å². The second-order valence-electron chi connectivity index (χ2n) is 6.56. The van der Waals surface area contributed by atoms with Crippen molar-refractivity contribution in [1.29, 1.82) is 0 Å². The highest BCUT2D eigenvalue weighted by atomic mass is 35.5. The van der Waals surface area contributed by atoms with Gasteiger partial charge in [-0.2, -0.15) is 0 Å². The maximum absolute atomic E-state index is 5.55. The molecule has 3 heteroatoms. The molecule has 1 N–H and O–H groups in total. The van der Waals surface area contributed by atoms with Crippen molar-refractivity contribution < 1.29 is 4.74 Å². The molecule has 0 atom stereocenters. The standard InChI is InChI=1S/C24H23NO.ClH/c1-2-6-21(7-3-1)22-11-8-19(9-12-22)5-4-15-25-18-20-10-13-24-23(17-20)14-16-26-24;/h1-13,17,25H,14-16,18H2;1H/b5-4+;. The molecular formula is C24H24ClNO. The van der Waals surface area contributed by atoms with E-state index >= 15 is 0 Å². The fourth-order valence-electron chi connectivity index (χ4n) is 3.26. The van der Waals surface area contributed by atoms with Crippen molar-refractivity contribution >= 4 is 18.5 Å². The van der Waals surface area contributed by atoms with Crippen molar-refractivity contribution in [3.05, 3.63) is 95.6 Å². The third kappa shape index (κ3) is 5.00. The Kier molecular flexibility index (Phi) is 6.69. The Labute approximate surface area is 167 Å². The second-order valence-corrected chi connectivity index (χ2v) is 6.56. The van der Waals surface area contributed by atoms with Gasteiger partial charge < -0.3 is 10.1 Å². The number of hydrogen-bond acceptors (Lipinski definition) is 2. The SMILES string of the molecule is C(=C\c1ccc(-c2ccccc2)cc1)/CNCc1ccc2c(c1)CCO2.Cl. The van der Waals surface area contributed by atoms with E-state index < -0.39 is 0 Å². The van der Waals surface area contributed by atoms with Gasteiger partial charge in [-0.3, -0.25) is 0 Å². The molecule has 0 aliphatic carbocycles. The van der Waals surface area contributed by atoms with E-state index in [0.29, 0.717) is 0 Å². The third-order valence-corrected chi connectivity index (χ3v) is 4.67. The highest BCUT2D eigenvalue weighted by Crippen LogP contribution is 2.25. The largest absolute Gasteiger partial charge is 0.493 e. The minimum atomic E-state index is 0. The van der Waals surface area contributed by atoms with Gasteiger partial charge >= 0.3 is 0 Å². The molecule has 1 aliphatic rings. The average molecular weight is 378 g/mol. The molecule has 3 aromatic rings. The molecule has 0 spiro atoms. The highest BCUT2D eigenvalue weighted by Gasteiger charge is 2.11. The zero-order valence-corrected chi connectivity index (χ0v) is 16.0. The lowest BCUT2D eigenvalue weighted by atomic mass is 10.0. The van der Waals surface area contributed by atoms with Crippen LogP contribution in [0.25, 0.3) is 17.2 Å².